The van der Waals surface area contributed by atoms with Crippen LogP contribution in [-0.4, -0.2) is 61.2 Å². The summed E-state index contributed by atoms with van der Waals surface area (Å²) < 4.78 is 0. The summed E-state index contributed by atoms with van der Waals surface area (Å²) >= 11 is 0. The van der Waals surface area contributed by atoms with Gasteiger partial charge in [-0.05, 0) is 71.2 Å². The Morgan fingerprint density at radius 3 is 2.42 bits per heavy atom. The molecule has 112 valence electrons. The molecule has 0 aromatic heterocycles. The zero-order valence-electron chi connectivity index (χ0n) is 13.2. The maximum Gasteiger partial charge on any atom is 0.0221 e. The van der Waals surface area contributed by atoms with Gasteiger partial charge in [0.2, 0.25) is 0 Å². The summed E-state index contributed by atoms with van der Waals surface area (Å²) in [6.45, 7) is 14.5. The topological polar surface area (TPSA) is 18.5 Å². The van der Waals surface area contributed by atoms with Crippen LogP contribution in [-0.2, 0) is 0 Å². The van der Waals surface area contributed by atoms with E-state index in [0.29, 0.717) is 6.04 Å². The Hall–Kier alpha value is -0.120. The second kappa shape index (κ2) is 7.61. The molecule has 0 radical (unpaired) electrons. The number of hydrogen-bond donors (Lipinski definition) is 1. The van der Waals surface area contributed by atoms with Crippen molar-refractivity contribution in [3.05, 3.63) is 0 Å². The summed E-state index contributed by atoms with van der Waals surface area (Å²) in [5.41, 5.74) is 0. The Balaban J connectivity index is 1.68. The molecule has 0 aromatic rings. The minimum absolute atomic E-state index is 0.693. The van der Waals surface area contributed by atoms with Crippen molar-refractivity contribution in [1.29, 1.82) is 0 Å². The third kappa shape index (κ3) is 4.17. The van der Waals surface area contributed by atoms with E-state index in [1.54, 1.807) is 0 Å². The number of hydrogen-bond acceptors (Lipinski definition) is 3. The van der Waals surface area contributed by atoms with Gasteiger partial charge < -0.3 is 10.2 Å². The van der Waals surface area contributed by atoms with Crippen molar-refractivity contribution >= 4 is 0 Å². The van der Waals surface area contributed by atoms with E-state index in [2.05, 4.69) is 35.9 Å². The zero-order chi connectivity index (χ0) is 13.7. The highest BCUT2D eigenvalue weighted by Crippen LogP contribution is 2.21. The lowest BCUT2D eigenvalue weighted by molar-refractivity contribution is 0.163. The maximum atomic E-state index is 3.83. The van der Waals surface area contributed by atoms with Gasteiger partial charge in [0.1, 0.15) is 0 Å². The fraction of sp³-hybridized carbons (Fsp3) is 1.00. The molecule has 0 amide bonds. The molecule has 2 fully saturated rings. The van der Waals surface area contributed by atoms with Gasteiger partial charge in [-0.15, -0.1) is 0 Å². The first kappa shape index (κ1) is 15.3. The average Bonchev–Trinajstić information content (AvgIpc) is 2.92. The predicted octanol–water partition coefficient (Wildman–Crippen LogP) is 2.18. The van der Waals surface area contributed by atoms with Crippen LogP contribution in [0.15, 0.2) is 0 Å². The first-order valence-corrected chi connectivity index (χ1v) is 8.44. The van der Waals surface area contributed by atoms with E-state index >= 15 is 0 Å². The van der Waals surface area contributed by atoms with Gasteiger partial charge in [0, 0.05) is 18.6 Å². The van der Waals surface area contributed by atoms with E-state index < -0.39 is 0 Å². The summed E-state index contributed by atoms with van der Waals surface area (Å²) in [6.07, 6.45) is 5.54. The van der Waals surface area contributed by atoms with Crippen molar-refractivity contribution in [2.24, 2.45) is 5.92 Å². The first-order valence-electron chi connectivity index (χ1n) is 8.44. The van der Waals surface area contributed by atoms with Crippen LogP contribution in [0.1, 0.15) is 46.5 Å². The molecule has 19 heavy (non-hydrogen) atoms. The van der Waals surface area contributed by atoms with Crippen molar-refractivity contribution < 1.29 is 0 Å². The molecule has 3 heteroatoms. The smallest absolute Gasteiger partial charge is 0.0221 e. The summed E-state index contributed by atoms with van der Waals surface area (Å²) in [5.74, 6) is 0.888. The SMILES string of the molecule is CCN1CCC(C(C)NCC2CCCN2CC)CC1. The fourth-order valence-electron chi connectivity index (χ4n) is 3.80. The molecule has 0 aliphatic carbocycles. The molecule has 0 bridgehead atoms. The van der Waals surface area contributed by atoms with Crippen molar-refractivity contribution in [1.82, 2.24) is 15.1 Å². The van der Waals surface area contributed by atoms with Crippen molar-refractivity contribution in [2.75, 3.05) is 39.3 Å². The normalized spacial score (nSPS) is 28.9. The summed E-state index contributed by atoms with van der Waals surface area (Å²) in [5, 5.41) is 3.83. The highest BCUT2D eigenvalue weighted by atomic mass is 15.2. The molecule has 1 N–H and O–H groups in total. The molecule has 2 saturated heterocycles. The molecule has 2 rings (SSSR count). The zero-order valence-corrected chi connectivity index (χ0v) is 13.2. The first-order chi connectivity index (χ1) is 9.24. The molecule has 0 saturated carbocycles. The Morgan fingerprint density at radius 2 is 1.79 bits per heavy atom. The Kier molecular flexibility index (Phi) is 6.11. The van der Waals surface area contributed by atoms with Crippen molar-refractivity contribution in [3.8, 4) is 0 Å². The minimum Gasteiger partial charge on any atom is -0.312 e. The van der Waals surface area contributed by atoms with Gasteiger partial charge in [-0.2, -0.15) is 0 Å². The van der Waals surface area contributed by atoms with Crippen molar-refractivity contribution in [2.45, 2.75) is 58.5 Å². The van der Waals surface area contributed by atoms with E-state index in [0.717, 1.165) is 12.0 Å². The van der Waals surface area contributed by atoms with Gasteiger partial charge in [0.05, 0.1) is 0 Å². The van der Waals surface area contributed by atoms with E-state index in [1.165, 1.54) is 65.0 Å². The lowest BCUT2D eigenvalue weighted by Gasteiger charge is -2.35. The quantitative estimate of drug-likeness (QED) is 0.796. The molecular weight excluding hydrogens is 234 g/mol. The number of nitrogens with one attached hydrogen (secondary N) is 1. The average molecular weight is 267 g/mol. The molecule has 0 aromatic carbocycles. The standard InChI is InChI=1S/C16H33N3/c1-4-18-11-8-15(9-12-18)14(3)17-13-16-7-6-10-19(16)5-2/h14-17H,4-13H2,1-3H3. The van der Waals surface area contributed by atoms with E-state index in [4.69, 9.17) is 0 Å². The Morgan fingerprint density at radius 1 is 1.05 bits per heavy atom. The van der Waals surface area contributed by atoms with Crippen LogP contribution in [0.2, 0.25) is 0 Å². The van der Waals surface area contributed by atoms with Crippen LogP contribution in [0.4, 0.5) is 0 Å². The van der Waals surface area contributed by atoms with Crippen molar-refractivity contribution in [3.63, 3.8) is 0 Å². The van der Waals surface area contributed by atoms with E-state index in [1.807, 2.05) is 0 Å². The maximum absolute atomic E-state index is 3.83. The number of likely N-dealkylation sites (N-methyl/N-ethyl adjacent to an activating group) is 1. The lowest BCUT2D eigenvalue weighted by atomic mass is 9.90. The summed E-state index contributed by atoms with van der Waals surface area (Å²) in [4.78, 5) is 5.22. The number of nitrogens with zero attached hydrogens (tertiary/aromatic N) is 2. The summed E-state index contributed by atoms with van der Waals surface area (Å²) in [6, 6.07) is 1.49. The van der Waals surface area contributed by atoms with Gasteiger partial charge in [-0.25, -0.2) is 0 Å². The molecular formula is C16H33N3. The lowest BCUT2D eigenvalue weighted by Crippen LogP contribution is -2.46. The van der Waals surface area contributed by atoms with Crippen LogP contribution in [0.5, 0.6) is 0 Å². The van der Waals surface area contributed by atoms with Gasteiger partial charge in [-0.1, -0.05) is 13.8 Å². The molecule has 2 atom stereocenters. The van der Waals surface area contributed by atoms with Crippen LogP contribution in [0.3, 0.4) is 0 Å². The Labute approximate surface area is 119 Å². The monoisotopic (exact) mass is 267 g/mol. The summed E-state index contributed by atoms with van der Waals surface area (Å²) in [7, 11) is 0. The van der Waals surface area contributed by atoms with Gasteiger partial charge in [0.15, 0.2) is 0 Å². The molecule has 2 unspecified atom stereocenters. The minimum atomic E-state index is 0.693. The van der Waals surface area contributed by atoms with Crippen LogP contribution < -0.4 is 5.32 Å². The number of likely N-dealkylation sites (tertiary alicyclic amines) is 2. The van der Waals surface area contributed by atoms with E-state index in [9.17, 15) is 0 Å². The molecule has 2 aliphatic rings. The van der Waals surface area contributed by atoms with Gasteiger partial charge in [0.25, 0.3) is 0 Å². The molecule has 2 heterocycles. The van der Waals surface area contributed by atoms with Crippen LogP contribution in [0, 0.1) is 5.92 Å². The molecule has 3 nitrogen and oxygen atoms in total. The van der Waals surface area contributed by atoms with Gasteiger partial charge >= 0.3 is 0 Å². The fourth-order valence-corrected chi connectivity index (χ4v) is 3.80. The highest BCUT2D eigenvalue weighted by molar-refractivity contribution is 4.84. The third-order valence-corrected chi connectivity index (χ3v) is 5.37. The molecule has 2 aliphatic heterocycles. The van der Waals surface area contributed by atoms with Crippen LogP contribution >= 0.6 is 0 Å². The number of rotatable bonds is 6. The largest absolute Gasteiger partial charge is 0.312 e. The highest BCUT2D eigenvalue weighted by Gasteiger charge is 2.26. The van der Waals surface area contributed by atoms with Gasteiger partial charge in [-0.3, -0.25) is 4.90 Å². The van der Waals surface area contributed by atoms with E-state index in [-0.39, 0.29) is 0 Å². The predicted molar refractivity (Wildman–Crippen MR) is 82.6 cm³/mol. The second-order valence-corrected chi connectivity index (χ2v) is 6.39. The van der Waals surface area contributed by atoms with Crippen LogP contribution in [0.25, 0.3) is 0 Å². The Bertz CT molecular complexity index is 248. The molecule has 0 spiro atoms. The second-order valence-electron chi connectivity index (χ2n) is 6.39. The number of piperidine rings is 1. The third-order valence-electron chi connectivity index (χ3n) is 5.37.